The molecule has 0 heterocycles. The van der Waals surface area contributed by atoms with E-state index in [0.29, 0.717) is 12.1 Å². The maximum Gasteiger partial charge on any atom is 0.0541 e. The van der Waals surface area contributed by atoms with Crippen LogP contribution in [0.3, 0.4) is 0 Å². The van der Waals surface area contributed by atoms with Gasteiger partial charge in [0.05, 0.1) is 6.10 Å². The van der Waals surface area contributed by atoms with Crippen LogP contribution in [0.5, 0.6) is 0 Å². The molecule has 1 fully saturated rings. The zero-order valence-electron chi connectivity index (χ0n) is 11.0. The minimum Gasteiger partial charge on any atom is -0.393 e. The molecule has 0 radical (unpaired) electrons. The molecule has 0 aromatic carbocycles. The van der Waals surface area contributed by atoms with Crippen LogP contribution in [-0.4, -0.2) is 23.3 Å². The number of hydrogen-bond acceptors (Lipinski definition) is 2. The molecule has 0 aliphatic heterocycles. The summed E-state index contributed by atoms with van der Waals surface area (Å²) in [6.45, 7) is 6.57. The predicted molar refractivity (Wildman–Crippen MR) is 69.5 cm³/mol. The van der Waals surface area contributed by atoms with Crippen LogP contribution in [0.2, 0.25) is 0 Å². The van der Waals surface area contributed by atoms with E-state index in [9.17, 15) is 5.11 Å². The summed E-state index contributed by atoms with van der Waals surface area (Å²) in [5, 5.41) is 13.1. The summed E-state index contributed by atoms with van der Waals surface area (Å²) in [5.74, 6) is 0. The summed E-state index contributed by atoms with van der Waals surface area (Å²) in [5.41, 5.74) is 1.41. The second-order valence-electron chi connectivity index (χ2n) is 5.43. The normalized spacial score (nSPS) is 27.5. The number of hydrogen-bond donors (Lipinski definition) is 2. The van der Waals surface area contributed by atoms with Gasteiger partial charge in [-0.15, -0.1) is 0 Å². The number of aliphatic hydroxyl groups is 1. The quantitative estimate of drug-likeness (QED) is 0.705. The van der Waals surface area contributed by atoms with Crippen molar-refractivity contribution in [3.63, 3.8) is 0 Å². The highest BCUT2D eigenvalue weighted by Gasteiger charge is 2.19. The first-order chi connectivity index (χ1) is 7.58. The highest BCUT2D eigenvalue weighted by atomic mass is 16.3. The third-order valence-corrected chi connectivity index (χ3v) is 3.37. The highest BCUT2D eigenvalue weighted by Crippen LogP contribution is 2.19. The molecule has 1 rings (SSSR count). The first-order valence-corrected chi connectivity index (χ1v) is 6.65. The fourth-order valence-corrected chi connectivity index (χ4v) is 2.35. The van der Waals surface area contributed by atoms with Crippen molar-refractivity contribution >= 4 is 0 Å². The van der Waals surface area contributed by atoms with Gasteiger partial charge in [0.1, 0.15) is 0 Å². The first kappa shape index (κ1) is 13.7. The van der Waals surface area contributed by atoms with Gasteiger partial charge in [-0.2, -0.15) is 0 Å². The van der Waals surface area contributed by atoms with E-state index in [1.807, 2.05) is 0 Å². The van der Waals surface area contributed by atoms with Gasteiger partial charge >= 0.3 is 0 Å². The molecule has 1 saturated carbocycles. The molecular weight excluding hydrogens is 198 g/mol. The second kappa shape index (κ2) is 7.08. The molecule has 1 atom stereocenters. The van der Waals surface area contributed by atoms with Gasteiger partial charge in [0.25, 0.3) is 0 Å². The van der Waals surface area contributed by atoms with Gasteiger partial charge in [0, 0.05) is 12.1 Å². The Kier molecular flexibility index (Phi) is 6.07. The molecule has 0 amide bonds. The summed E-state index contributed by atoms with van der Waals surface area (Å²) in [6, 6.07) is 1.22. The minimum absolute atomic E-state index is 0.0426. The SMILES string of the molecule is CC(C)=CCCC(C)NC1CCC(O)CC1. The van der Waals surface area contributed by atoms with Crippen LogP contribution >= 0.6 is 0 Å². The Bertz CT molecular complexity index is 213. The van der Waals surface area contributed by atoms with Gasteiger partial charge in [-0.1, -0.05) is 11.6 Å². The van der Waals surface area contributed by atoms with Gasteiger partial charge in [-0.3, -0.25) is 0 Å². The molecule has 0 saturated heterocycles. The van der Waals surface area contributed by atoms with E-state index >= 15 is 0 Å². The molecule has 1 aliphatic rings. The molecule has 94 valence electrons. The molecule has 0 spiro atoms. The maximum absolute atomic E-state index is 9.43. The lowest BCUT2D eigenvalue weighted by molar-refractivity contribution is 0.114. The van der Waals surface area contributed by atoms with Crippen LogP contribution < -0.4 is 5.32 Å². The van der Waals surface area contributed by atoms with Crippen molar-refractivity contribution < 1.29 is 5.11 Å². The molecule has 2 heteroatoms. The van der Waals surface area contributed by atoms with E-state index in [4.69, 9.17) is 0 Å². The number of aliphatic hydroxyl groups excluding tert-OH is 1. The van der Waals surface area contributed by atoms with Crippen molar-refractivity contribution in [2.75, 3.05) is 0 Å². The van der Waals surface area contributed by atoms with Crippen LogP contribution in [0.15, 0.2) is 11.6 Å². The number of nitrogens with one attached hydrogen (secondary N) is 1. The standard InChI is InChI=1S/C14H27NO/c1-11(2)5-4-6-12(3)15-13-7-9-14(16)10-8-13/h5,12-16H,4,6-10H2,1-3H3. The van der Waals surface area contributed by atoms with Crippen molar-refractivity contribution in [1.82, 2.24) is 5.32 Å². The van der Waals surface area contributed by atoms with Gasteiger partial charge in [-0.05, 0) is 59.3 Å². The fraction of sp³-hybridized carbons (Fsp3) is 0.857. The van der Waals surface area contributed by atoms with E-state index in [2.05, 4.69) is 32.2 Å². The largest absolute Gasteiger partial charge is 0.393 e. The second-order valence-corrected chi connectivity index (χ2v) is 5.43. The van der Waals surface area contributed by atoms with E-state index in [0.717, 1.165) is 25.7 Å². The molecule has 2 nitrogen and oxygen atoms in total. The predicted octanol–water partition coefficient (Wildman–Crippen LogP) is 3.01. The van der Waals surface area contributed by atoms with Crippen LogP contribution in [0, 0.1) is 0 Å². The number of rotatable bonds is 5. The summed E-state index contributed by atoms with van der Waals surface area (Å²) < 4.78 is 0. The van der Waals surface area contributed by atoms with Crippen LogP contribution in [0.4, 0.5) is 0 Å². The highest BCUT2D eigenvalue weighted by molar-refractivity contribution is 4.93. The molecule has 0 bridgehead atoms. The average Bonchev–Trinajstić information content (AvgIpc) is 2.21. The number of allylic oxidation sites excluding steroid dienone is 2. The summed E-state index contributed by atoms with van der Waals surface area (Å²) >= 11 is 0. The lowest BCUT2D eigenvalue weighted by Crippen LogP contribution is -2.39. The average molecular weight is 225 g/mol. The summed E-state index contributed by atoms with van der Waals surface area (Å²) in [7, 11) is 0. The van der Waals surface area contributed by atoms with Crippen molar-refractivity contribution in [3.8, 4) is 0 Å². The third kappa shape index (κ3) is 5.66. The van der Waals surface area contributed by atoms with Crippen molar-refractivity contribution in [2.45, 2.75) is 77.5 Å². The van der Waals surface area contributed by atoms with Gasteiger partial charge in [-0.25, -0.2) is 0 Å². The Morgan fingerprint density at radius 2 is 1.94 bits per heavy atom. The Labute approximate surface area is 100 Å². The summed E-state index contributed by atoms with van der Waals surface area (Å²) in [4.78, 5) is 0. The molecule has 0 aromatic heterocycles. The van der Waals surface area contributed by atoms with Gasteiger partial charge in [0.2, 0.25) is 0 Å². The lowest BCUT2D eigenvalue weighted by atomic mass is 9.92. The van der Waals surface area contributed by atoms with Crippen LogP contribution in [-0.2, 0) is 0 Å². The third-order valence-electron chi connectivity index (χ3n) is 3.37. The van der Waals surface area contributed by atoms with Crippen molar-refractivity contribution in [2.24, 2.45) is 0 Å². The Hall–Kier alpha value is -0.340. The Morgan fingerprint density at radius 1 is 1.31 bits per heavy atom. The monoisotopic (exact) mass is 225 g/mol. The van der Waals surface area contributed by atoms with Crippen LogP contribution in [0.25, 0.3) is 0 Å². The fourth-order valence-electron chi connectivity index (χ4n) is 2.35. The van der Waals surface area contributed by atoms with Crippen molar-refractivity contribution in [1.29, 1.82) is 0 Å². The molecular formula is C14H27NO. The van der Waals surface area contributed by atoms with Crippen molar-refractivity contribution in [3.05, 3.63) is 11.6 Å². The van der Waals surface area contributed by atoms with Gasteiger partial charge in [0.15, 0.2) is 0 Å². The zero-order valence-corrected chi connectivity index (χ0v) is 11.0. The topological polar surface area (TPSA) is 32.3 Å². The maximum atomic E-state index is 9.43. The van der Waals surface area contributed by atoms with E-state index in [1.165, 1.54) is 18.4 Å². The molecule has 1 unspecified atom stereocenters. The van der Waals surface area contributed by atoms with Crippen LogP contribution in [0.1, 0.15) is 59.3 Å². The zero-order chi connectivity index (χ0) is 12.0. The van der Waals surface area contributed by atoms with E-state index < -0.39 is 0 Å². The smallest absolute Gasteiger partial charge is 0.0541 e. The van der Waals surface area contributed by atoms with E-state index in [1.54, 1.807) is 0 Å². The Morgan fingerprint density at radius 3 is 2.50 bits per heavy atom. The minimum atomic E-state index is -0.0426. The molecule has 2 N–H and O–H groups in total. The molecule has 0 aromatic rings. The first-order valence-electron chi connectivity index (χ1n) is 6.65. The molecule has 1 aliphatic carbocycles. The van der Waals surface area contributed by atoms with E-state index in [-0.39, 0.29) is 6.10 Å². The summed E-state index contributed by atoms with van der Waals surface area (Å²) in [6.07, 6.45) is 8.86. The molecule has 16 heavy (non-hydrogen) atoms. The lowest BCUT2D eigenvalue weighted by Gasteiger charge is -2.29. The Balaban J connectivity index is 2.14. The van der Waals surface area contributed by atoms with Gasteiger partial charge < -0.3 is 10.4 Å².